The van der Waals surface area contributed by atoms with E-state index in [0.717, 1.165) is 16.8 Å². The Labute approximate surface area is 127 Å². The van der Waals surface area contributed by atoms with Crippen molar-refractivity contribution in [3.8, 4) is 0 Å². The van der Waals surface area contributed by atoms with E-state index in [2.05, 4.69) is 17.9 Å². The van der Waals surface area contributed by atoms with E-state index in [1.54, 1.807) is 18.2 Å². The number of rotatable bonds is 4. The van der Waals surface area contributed by atoms with Crippen LogP contribution in [0.3, 0.4) is 0 Å². The number of hydrogen-bond donors (Lipinski definition) is 2. The van der Waals surface area contributed by atoms with E-state index in [9.17, 15) is 8.76 Å². The van der Waals surface area contributed by atoms with Crippen LogP contribution in [0.25, 0.3) is 11.8 Å². The fourth-order valence-electron chi connectivity index (χ4n) is 1.48. The summed E-state index contributed by atoms with van der Waals surface area (Å²) in [6, 6.07) is 16.6. The number of benzene rings is 2. The standard InChI is InChI=1S/C8H9NO2S.C8H9N/c1-7(9-12(10)11)8-5-3-2-4-6-8;1-2-7-4-3-5-8(9)6-7/h2-6,9H,1H2,(H,10,11);2-6H,1,9H2/p-1. The van der Waals surface area contributed by atoms with Crippen molar-refractivity contribution in [1.82, 2.24) is 4.72 Å². The van der Waals surface area contributed by atoms with Gasteiger partial charge in [-0.25, -0.2) is 0 Å². The molecule has 0 aliphatic rings. The van der Waals surface area contributed by atoms with Gasteiger partial charge in [0.15, 0.2) is 0 Å². The maximum atomic E-state index is 10.2. The van der Waals surface area contributed by atoms with Crippen LogP contribution in [-0.4, -0.2) is 8.76 Å². The summed E-state index contributed by atoms with van der Waals surface area (Å²) in [6.07, 6.45) is 1.77. The Morgan fingerprint density at radius 2 is 1.86 bits per heavy atom. The smallest absolute Gasteiger partial charge is 0.0453 e. The summed E-state index contributed by atoms with van der Waals surface area (Å²) in [6.45, 7) is 7.18. The first-order valence-electron chi connectivity index (χ1n) is 6.11. The van der Waals surface area contributed by atoms with Crippen LogP contribution in [0.2, 0.25) is 0 Å². The molecule has 1 unspecified atom stereocenters. The molecule has 0 saturated carbocycles. The molecule has 0 aromatic heterocycles. The topological polar surface area (TPSA) is 78.2 Å². The first-order valence-corrected chi connectivity index (χ1v) is 7.18. The third kappa shape index (κ3) is 6.56. The molecule has 2 aromatic rings. The zero-order chi connectivity index (χ0) is 15.7. The zero-order valence-electron chi connectivity index (χ0n) is 11.5. The van der Waals surface area contributed by atoms with Crippen LogP contribution in [0, 0.1) is 0 Å². The van der Waals surface area contributed by atoms with Gasteiger partial charge in [0.05, 0.1) is 0 Å². The van der Waals surface area contributed by atoms with Crippen molar-refractivity contribution >= 4 is 28.7 Å². The zero-order valence-corrected chi connectivity index (χ0v) is 12.3. The van der Waals surface area contributed by atoms with E-state index in [1.807, 2.05) is 42.5 Å². The summed E-state index contributed by atoms with van der Waals surface area (Å²) < 4.78 is 22.6. The van der Waals surface area contributed by atoms with E-state index in [-0.39, 0.29) is 0 Å². The third-order valence-electron chi connectivity index (χ3n) is 2.48. The van der Waals surface area contributed by atoms with Crippen LogP contribution in [0.15, 0.2) is 67.8 Å². The molecule has 3 N–H and O–H groups in total. The molecular formula is C16H17N2O2S-. The molecule has 4 nitrogen and oxygen atoms in total. The first kappa shape index (κ1) is 16.7. The molecule has 0 fully saturated rings. The number of anilines is 1. The molecule has 0 aliphatic carbocycles. The van der Waals surface area contributed by atoms with Gasteiger partial charge in [0, 0.05) is 22.7 Å². The highest BCUT2D eigenvalue weighted by Crippen LogP contribution is 2.07. The van der Waals surface area contributed by atoms with Crippen LogP contribution in [0.4, 0.5) is 5.69 Å². The van der Waals surface area contributed by atoms with Crippen LogP contribution >= 0.6 is 0 Å². The third-order valence-corrected chi connectivity index (χ3v) is 2.89. The first-order chi connectivity index (χ1) is 10.0. The van der Waals surface area contributed by atoms with Gasteiger partial charge in [-0.3, -0.25) is 4.21 Å². The van der Waals surface area contributed by atoms with Crippen LogP contribution < -0.4 is 10.5 Å². The van der Waals surface area contributed by atoms with Crippen LogP contribution in [0.1, 0.15) is 11.1 Å². The highest BCUT2D eigenvalue weighted by molar-refractivity contribution is 7.77. The Bertz CT molecular complexity index is 627. The molecule has 0 aliphatic heterocycles. The average Bonchev–Trinajstić information content (AvgIpc) is 2.48. The number of nitrogen functional groups attached to an aromatic ring is 1. The Morgan fingerprint density at radius 3 is 2.33 bits per heavy atom. The van der Waals surface area contributed by atoms with Crippen molar-refractivity contribution in [2.75, 3.05) is 5.73 Å². The largest absolute Gasteiger partial charge is 0.755 e. The SMILES string of the molecule is C=C(NS(=O)[O-])c1ccccc1.C=Cc1cccc(N)c1. The molecule has 2 aromatic carbocycles. The van der Waals surface area contributed by atoms with Gasteiger partial charge in [-0.15, -0.1) is 0 Å². The lowest BCUT2D eigenvalue weighted by Gasteiger charge is -2.10. The van der Waals surface area contributed by atoms with E-state index >= 15 is 0 Å². The van der Waals surface area contributed by atoms with Crippen molar-refractivity contribution in [2.45, 2.75) is 0 Å². The molecule has 21 heavy (non-hydrogen) atoms. The number of nitrogens with two attached hydrogens (primary N) is 1. The Hall–Kier alpha value is -2.37. The van der Waals surface area contributed by atoms with Crippen molar-refractivity contribution in [2.24, 2.45) is 0 Å². The van der Waals surface area contributed by atoms with Gasteiger partial charge in [-0.05, 0) is 23.3 Å². The average molecular weight is 301 g/mol. The molecule has 2 rings (SSSR count). The molecule has 0 radical (unpaired) electrons. The maximum absolute atomic E-state index is 10.2. The maximum Gasteiger partial charge on any atom is 0.0453 e. The van der Waals surface area contributed by atoms with Crippen molar-refractivity contribution in [3.05, 3.63) is 78.9 Å². The lowest BCUT2D eigenvalue weighted by Crippen LogP contribution is -2.13. The minimum atomic E-state index is -2.30. The molecule has 1 atom stereocenters. The van der Waals surface area contributed by atoms with Crippen molar-refractivity contribution in [3.63, 3.8) is 0 Å². The summed E-state index contributed by atoms with van der Waals surface area (Å²) in [7, 11) is 0. The molecule has 0 saturated heterocycles. The van der Waals surface area contributed by atoms with Crippen molar-refractivity contribution in [1.29, 1.82) is 0 Å². The van der Waals surface area contributed by atoms with Crippen LogP contribution in [-0.2, 0) is 11.3 Å². The lowest BCUT2D eigenvalue weighted by molar-refractivity contribution is 0.532. The predicted octanol–water partition coefficient (Wildman–Crippen LogP) is 2.95. The summed E-state index contributed by atoms with van der Waals surface area (Å²) in [5.41, 5.74) is 8.48. The molecule has 0 bridgehead atoms. The normalized spacial score (nSPS) is 10.7. The van der Waals surface area contributed by atoms with E-state index in [4.69, 9.17) is 5.73 Å². The van der Waals surface area contributed by atoms with Gasteiger partial charge in [-0.1, -0.05) is 61.7 Å². The fraction of sp³-hybridized carbons (Fsp3) is 0. The molecule has 110 valence electrons. The quantitative estimate of drug-likeness (QED) is 0.673. The minimum Gasteiger partial charge on any atom is -0.755 e. The highest BCUT2D eigenvalue weighted by Gasteiger charge is 1.94. The molecule has 0 spiro atoms. The van der Waals surface area contributed by atoms with Crippen molar-refractivity contribution < 1.29 is 8.76 Å². The molecule has 0 heterocycles. The second-order valence-electron chi connectivity index (χ2n) is 4.06. The number of hydrogen-bond acceptors (Lipinski definition) is 3. The summed E-state index contributed by atoms with van der Waals surface area (Å²) in [5, 5.41) is 0. The summed E-state index contributed by atoms with van der Waals surface area (Å²) in [5.74, 6) is 0. The van der Waals surface area contributed by atoms with Crippen LogP contribution in [0.5, 0.6) is 0 Å². The predicted molar refractivity (Wildman–Crippen MR) is 88.5 cm³/mol. The lowest BCUT2D eigenvalue weighted by atomic mass is 10.2. The van der Waals surface area contributed by atoms with Gasteiger partial charge in [0.1, 0.15) is 0 Å². The molecule has 0 amide bonds. The summed E-state index contributed by atoms with van der Waals surface area (Å²) >= 11 is -2.30. The Balaban J connectivity index is 0.000000219. The van der Waals surface area contributed by atoms with E-state index in [0.29, 0.717) is 5.70 Å². The minimum absolute atomic E-state index is 0.379. The monoisotopic (exact) mass is 301 g/mol. The Morgan fingerprint density at radius 1 is 1.19 bits per heavy atom. The highest BCUT2D eigenvalue weighted by atomic mass is 32.2. The van der Waals surface area contributed by atoms with E-state index in [1.165, 1.54) is 0 Å². The summed E-state index contributed by atoms with van der Waals surface area (Å²) in [4.78, 5) is 0. The fourth-order valence-corrected chi connectivity index (χ4v) is 1.80. The number of nitrogens with one attached hydrogen (secondary N) is 1. The van der Waals surface area contributed by atoms with E-state index < -0.39 is 11.3 Å². The van der Waals surface area contributed by atoms with Gasteiger partial charge in [-0.2, -0.15) is 0 Å². The van der Waals surface area contributed by atoms with Gasteiger partial charge in [0.2, 0.25) is 0 Å². The Kier molecular flexibility index (Phi) is 6.94. The molecule has 5 heteroatoms. The second kappa shape index (κ2) is 8.73. The molecular weight excluding hydrogens is 284 g/mol. The second-order valence-corrected chi connectivity index (χ2v) is 4.73. The van der Waals surface area contributed by atoms with Gasteiger partial charge < -0.3 is 15.0 Å². The van der Waals surface area contributed by atoms with Gasteiger partial charge in [0.25, 0.3) is 0 Å². The van der Waals surface area contributed by atoms with Gasteiger partial charge >= 0.3 is 0 Å².